The number of halogens is 1. The zero-order chi connectivity index (χ0) is 16.7. The minimum atomic E-state index is -0.494. The smallest absolute Gasteiger partial charge is 0.265 e. The Morgan fingerprint density at radius 3 is 2.96 bits per heavy atom. The number of aromatic nitrogens is 2. The van der Waals surface area contributed by atoms with Crippen LogP contribution in [-0.4, -0.2) is 22.0 Å². The fourth-order valence-electron chi connectivity index (χ4n) is 2.55. The molecule has 0 fully saturated rings. The van der Waals surface area contributed by atoms with Crippen LogP contribution in [0.3, 0.4) is 0 Å². The standard InChI is InChI=1S/C17H13ClN4O2/c1-9-17(23)22-14-7-11(3-5-15(14)24-9)21-16-12-4-2-10(18)6-13(12)19-8-20-16/h2-9H,1H3,(H,22,23)(H,19,20,21)/t9-/m1/s1. The number of nitrogens with one attached hydrogen (secondary N) is 2. The second-order valence-corrected chi connectivity index (χ2v) is 5.91. The van der Waals surface area contributed by atoms with Crippen molar-refractivity contribution >= 4 is 45.6 Å². The third-order valence-corrected chi connectivity index (χ3v) is 4.01. The van der Waals surface area contributed by atoms with E-state index in [0.29, 0.717) is 22.3 Å². The monoisotopic (exact) mass is 340 g/mol. The fourth-order valence-corrected chi connectivity index (χ4v) is 2.72. The Labute approximate surface area is 142 Å². The summed E-state index contributed by atoms with van der Waals surface area (Å²) in [5.41, 5.74) is 2.16. The molecular formula is C17H13ClN4O2. The number of nitrogens with zero attached hydrogens (tertiary/aromatic N) is 2. The molecule has 0 spiro atoms. The van der Waals surface area contributed by atoms with Gasteiger partial charge in [-0.3, -0.25) is 4.79 Å². The molecule has 1 amide bonds. The van der Waals surface area contributed by atoms with E-state index in [9.17, 15) is 4.79 Å². The Kier molecular flexibility index (Phi) is 3.46. The zero-order valence-electron chi connectivity index (χ0n) is 12.7. The van der Waals surface area contributed by atoms with Crippen LogP contribution in [0.5, 0.6) is 5.75 Å². The molecule has 4 rings (SSSR count). The summed E-state index contributed by atoms with van der Waals surface area (Å²) in [6.07, 6.45) is 0.985. The first-order chi connectivity index (χ1) is 11.6. The quantitative estimate of drug-likeness (QED) is 0.743. The van der Waals surface area contributed by atoms with Crippen LogP contribution in [0.15, 0.2) is 42.7 Å². The van der Waals surface area contributed by atoms with E-state index in [0.717, 1.165) is 16.6 Å². The molecule has 1 aliphatic rings. The second kappa shape index (κ2) is 5.65. The molecule has 0 unspecified atom stereocenters. The normalized spacial score (nSPS) is 16.2. The third-order valence-electron chi connectivity index (χ3n) is 3.77. The largest absolute Gasteiger partial charge is 0.479 e. The molecule has 2 aromatic carbocycles. The first-order valence-electron chi connectivity index (χ1n) is 7.39. The maximum Gasteiger partial charge on any atom is 0.265 e. The van der Waals surface area contributed by atoms with Crippen molar-refractivity contribution in [3.05, 3.63) is 47.7 Å². The zero-order valence-corrected chi connectivity index (χ0v) is 13.5. The Hall–Kier alpha value is -2.86. The molecule has 1 atom stereocenters. The van der Waals surface area contributed by atoms with Gasteiger partial charge in [-0.25, -0.2) is 9.97 Å². The van der Waals surface area contributed by atoms with Crippen molar-refractivity contribution in [1.29, 1.82) is 0 Å². The number of ether oxygens (including phenoxy) is 1. The summed E-state index contributed by atoms with van der Waals surface area (Å²) in [6, 6.07) is 10.9. The SMILES string of the molecule is C[C@H]1Oc2ccc(Nc3ncnc4cc(Cl)ccc34)cc2NC1=O. The second-order valence-electron chi connectivity index (χ2n) is 5.47. The highest BCUT2D eigenvalue weighted by Gasteiger charge is 2.23. The van der Waals surface area contributed by atoms with Gasteiger partial charge in [0, 0.05) is 16.1 Å². The number of hydrogen-bond acceptors (Lipinski definition) is 5. The van der Waals surface area contributed by atoms with E-state index in [-0.39, 0.29) is 5.91 Å². The molecule has 0 aliphatic carbocycles. The molecule has 0 saturated heterocycles. The van der Waals surface area contributed by atoms with Gasteiger partial charge in [-0.15, -0.1) is 0 Å². The van der Waals surface area contributed by atoms with Crippen LogP contribution in [0, 0.1) is 0 Å². The molecule has 1 aliphatic heterocycles. The number of carbonyl (C=O) groups is 1. The summed E-state index contributed by atoms with van der Waals surface area (Å²) in [5.74, 6) is 1.14. The number of carbonyl (C=O) groups excluding carboxylic acids is 1. The Balaban J connectivity index is 1.69. The van der Waals surface area contributed by atoms with E-state index in [1.165, 1.54) is 6.33 Å². The lowest BCUT2D eigenvalue weighted by molar-refractivity contribution is -0.122. The number of fused-ring (bicyclic) bond motifs is 2. The van der Waals surface area contributed by atoms with Crippen molar-refractivity contribution in [2.75, 3.05) is 10.6 Å². The van der Waals surface area contributed by atoms with Crippen LogP contribution in [0.2, 0.25) is 5.02 Å². The summed E-state index contributed by atoms with van der Waals surface area (Å²) >= 11 is 6.00. The molecule has 7 heteroatoms. The van der Waals surface area contributed by atoms with Crippen LogP contribution in [0.25, 0.3) is 10.9 Å². The molecule has 3 aromatic rings. The molecule has 0 radical (unpaired) electrons. The lowest BCUT2D eigenvalue weighted by Crippen LogP contribution is -2.34. The van der Waals surface area contributed by atoms with E-state index >= 15 is 0 Å². The van der Waals surface area contributed by atoms with Crippen LogP contribution in [0.4, 0.5) is 17.2 Å². The van der Waals surface area contributed by atoms with Crippen LogP contribution >= 0.6 is 11.6 Å². The van der Waals surface area contributed by atoms with Crippen molar-refractivity contribution in [1.82, 2.24) is 9.97 Å². The molecule has 6 nitrogen and oxygen atoms in total. The van der Waals surface area contributed by atoms with Crippen LogP contribution in [0.1, 0.15) is 6.92 Å². The van der Waals surface area contributed by atoms with Gasteiger partial charge in [0.2, 0.25) is 0 Å². The fraction of sp³-hybridized carbons (Fsp3) is 0.118. The molecule has 1 aromatic heterocycles. The highest BCUT2D eigenvalue weighted by Crippen LogP contribution is 2.33. The van der Waals surface area contributed by atoms with Gasteiger partial charge in [-0.05, 0) is 43.3 Å². The summed E-state index contributed by atoms with van der Waals surface area (Å²) in [7, 11) is 0. The van der Waals surface area contributed by atoms with Gasteiger partial charge in [0.15, 0.2) is 6.10 Å². The van der Waals surface area contributed by atoms with Gasteiger partial charge in [0.05, 0.1) is 11.2 Å². The lowest BCUT2D eigenvalue weighted by atomic mass is 10.2. The average Bonchev–Trinajstić information content (AvgIpc) is 2.56. The van der Waals surface area contributed by atoms with Crippen molar-refractivity contribution in [3.63, 3.8) is 0 Å². The summed E-state index contributed by atoms with van der Waals surface area (Å²) in [5, 5.41) is 7.54. The van der Waals surface area contributed by atoms with Gasteiger partial charge in [-0.1, -0.05) is 11.6 Å². The number of hydrogen-bond donors (Lipinski definition) is 2. The van der Waals surface area contributed by atoms with E-state index in [4.69, 9.17) is 16.3 Å². The summed E-state index contributed by atoms with van der Waals surface area (Å²) < 4.78 is 5.55. The number of anilines is 3. The molecule has 120 valence electrons. The first-order valence-corrected chi connectivity index (χ1v) is 7.77. The Morgan fingerprint density at radius 2 is 2.08 bits per heavy atom. The van der Waals surface area contributed by atoms with Crippen LogP contribution in [-0.2, 0) is 4.79 Å². The first kappa shape index (κ1) is 14.7. The molecular weight excluding hydrogens is 328 g/mol. The maximum absolute atomic E-state index is 11.7. The molecule has 2 heterocycles. The van der Waals surface area contributed by atoms with Gasteiger partial charge < -0.3 is 15.4 Å². The maximum atomic E-state index is 11.7. The molecule has 0 saturated carbocycles. The van der Waals surface area contributed by atoms with E-state index < -0.39 is 6.10 Å². The molecule has 2 N–H and O–H groups in total. The third kappa shape index (κ3) is 2.61. The topological polar surface area (TPSA) is 76.1 Å². The Bertz CT molecular complexity index is 960. The number of amides is 1. The molecule has 0 bridgehead atoms. The predicted octanol–water partition coefficient (Wildman–Crippen LogP) is 3.75. The number of rotatable bonds is 2. The van der Waals surface area contributed by atoms with Crippen LogP contribution < -0.4 is 15.4 Å². The highest BCUT2D eigenvalue weighted by molar-refractivity contribution is 6.31. The van der Waals surface area contributed by atoms with E-state index in [1.807, 2.05) is 24.3 Å². The van der Waals surface area contributed by atoms with E-state index in [1.54, 1.807) is 19.1 Å². The predicted molar refractivity (Wildman–Crippen MR) is 93.0 cm³/mol. The molecule has 24 heavy (non-hydrogen) atoms. The van der Waals surface area contributed by atoms with Crippen molar-refractivity contribution < 1.29 is 9.53 Å². The lowest BCUT2D eigenvalue weighted by Gasteiger charge is -2.23. The van der Waals surface area contributed by atoms with Gasteiger partial charge in [-0.2, -0.15) is 0 Å². The average molecular weight is 341 g/mol. The summed E-state index contributed by atoms with van der Waals surface area (Å²) in [6.45, 7) is 1.71. The van der Waals surface area contributed by atoms with Crippen molar-refractivity contribution in [2.24, 2.45) is 0 Å². The minimum absolute atomic E-state index is 0.165. The van der Waals surface area contributed by atoms with Crippen molar-refractivity contribution in [2.45, 2.75) is 13.0 Å². The van der Waals surface area contributed by atoms with E-state index in [2.05, 4.69) is 20.6 Å². The van der Waals surface area contributed by atoms with Gasteiger partial charge in [0.1, 0.15) is 17.9 Å². The Morgan fingerprint density at radius 1 is 1.21 bits per heavy atom. The number of benzene rings is 2. The van der Waals surface area contributed by atoms with Gasteiger partial charge >= 0.3 is 0 Å². The summed E-state index contributed by atoms with van der Waals surface area (Å²) in [4.78, 5) is 20.3. The highest BCUT2D eigenvalue weighted by atomic mass is 35.5. The minimum Gasteiger partial charge on any atom is -0.479 e. The van der Waals surface area contributed by atoms with Crippen molar-refractivity contribution in [3.8, 4) is 5.75 Å². The van der Waals surface area contributed by atoms with Gasteiger partial charge in [0.25, 0.3) is 5.91 Å².